The molecule has 0 spiro atoms. The van der Waals surface area contributed by atoms with Crippen LogP contribution in [0.3, 0.4) is 0 Å². The summed E-state index contributed by atoms with van der Waals surface area (Å²) < 4.78 is 72.4. The standard InChI is InChI=1S/C23H18FN3O5S2/c1-33(28,29)25-13-23-26-20-11-15(7-10-22(20)32-23)19-14-27(21-12-16(24)8-9-18(19)21)34(30,31)17-5-3-2-4-6-17/h2-12,14,25H,13H2,1H3. The van der Waals surface area contributed by atoms with E-state index in [4.69, 9.17) is 4.42 Å². The molecule has 5 aromatic rings. The van der Waals surface area contributed by atoms with Crippen molar-refractivity contribution in [1.82, 2.24) is 13.7 Å². The molecule has 5 rings (SSSR count). The Labute approximate surface area is 194 Å². The highest BCUT2D eigenvalue weighted by molar-refractivity contribution is 7.90. The minimum absolute atomic E-state index is 0.0812. The molecule has 3 aromatic carbocycles. The summed E-state index contributed by atoms with van der Waals surface area (Å²) >= 11 is 0. The Bertz CT molecular complexity index is 1760. The molecule has 0 bridgehead atoms. The van der Waals surface area contributed by atoms with Crippen molar-refractivity contribution in [3.05, 3.63) is 84.6 Å². The first-order chi connectivity index (χ1) is 16.1. The van der Waals surface area contributed by atoms with Gasteiger partial charge in [-0.3, -0.25) is 0 Å². The van der Waals surface area contributed by atoms with E-state index in [-0.39, 0.29) is 22.8 Å². The van der Waals surface area contributed by atoms with Crippen molar-refractivity contribution < 1.29 is 25.6 Å². The van der Waals surface area contributed by atoms with Gasteiger partial charge in [-0.1, -0.05) is 24.3 Å². The molecule has 2 heterocycles. The van der Waals surface area contributed by atoms with E-state index in [9.17, 15) is 21.2 Å². The molecule has 0 aliphatic rings. The fraction of sp³-hybridized carbons (Fsp3) is 0.0870. The highest BCUT2D eigenvalue weighted by Gasteiger charge is 2.22. The number of hydrogen-bond donors (Lipinski definition) is 1. The summed E-state index contributed by atoms with van der Waals surface area (Å²) in [5.74, 6) is -0.370. The second-order valence-corrected chi connectivity index (χ2v) is 11.3. The van der Waals surface area contributed by atoms with Crippen LogP contribution in [-0.4, -0.2) is 32.0 Å². The van der Waals surface area contributed by atoms with Crippen molar-refractivity contribution in [1.29, 1.82) is 0 Å². The number of halogens is 1. The van der Waals surface area contributed by atoms with Crippen LogP contribution < -0.4 is 4.72 Å². The highest BCUT2D eigenvalue weighted by Crippen LogP contribution is 2.35. The van der Waals surface area contributed by atoms with Gasteiger partial charge in [-0.05, 0) is 48.0 Å². The number of hydrogen-bond acceptors (Lipinski definition) is 6. The van der Waals surface area contributed by atoms with Crippen LogP contribution in [0.2, 0.25) is 0 Å². The van der Waals surface area contributed by atoms with Gasteiger partial charge in [0.15, 0.2) is 5.58 Å². The van der Waals surface area contributed by atoms with Crippen LogP contribution in [0, 0.1) is 5.82 Å². The number of fused-ring (bicyclic) bond motifs is 2. The fourth-order valence-corrected chi connectivity index (χ4v) is 5.49. The number of benzene rings is 3. The summed E-state index contributed by atoms with van der Waals surface area (Å²) in [6, 6.07) is 17.0. The zero-order valence-corrected chi connectivity index (χ0v) is 19.4. The number of nitrogens with zero attached hydrogens (tertiary/aromatic N) is 2. The summed E-state index contributed by atoms with van der Waals surface area (Å²) in [6.07, 6.45) is 2.50. The lowest BCUT2D eigenvalue weighted by molar-refractivity contribution is 0.515. The maximum Gasteiger partial charge on any atom is 0.268 e. The van der Waals surface area contributed by atoms with Gasteiger partial charge in [0.25, 0.3) is 10.0 Å². The molecule has 0 aliphatic heterocycles. The van der Waals surface area contributed by atoms with Gasteiger partial charge in [0.1, 0.15) is 11.3 Å². The lowest BCUT2D eigenvalue weighted by Gasteiger charge is -2.07. The third-order valence-corrected chi connectivity index (χ3v) is 7.62. The van der Waals surface area contributed by atoms with Crippen molar-refractivity contribution in [2.75, 3.05) is 6.26 Å². The van der Waals surface area contributed by atoms with Gasteiger partial charge in [-0.2, -0.15) is 0 Å². The molecule has 0 unspecified atom stereocenters. The van der Waals surface area contributed by atoms with Crippen LogP contribution >= 0.6 is 0 Å². The zero-order valence-electron chi connectivity index (χ0n) is 17.8. The molecule has 11 heteroatoms. The van der Waals surface area contributed by atoms with E-state index < -0.39 is 25.9 Å². The van der Waals surface area contributed by atoms with Crippen LogP contribution in [0.5, 0.6) is 0 Å². The molecular formula is C23H18FN3O5S2. The van der Waals surface area contributed by atoms with Gasteiger partial charge in [-0.25, -0.2) is 34.9 Å². The largest absolute Gasteiger partial charge is 0.439 e. The van der Waals surface area contributed by atoms with Gasteiger partial charge in [0, 0.05) is 17.1 Å². The second kappa shape index (κ2) is 8.05. The van der Waals surface area contributed by atoms with Crippen molar-refractivity contribution >= 4 is 42.0 Å². The third kappa shape index (κ3) is 4.09. The quantitative estimate of drug-likeness (QED) is 0.380. The topological polar surface area (TPSA) is 111 Å². The Balaban J connectivity index is 1.64. The highest BCUT2D eigenvalue weighted by atomic mass is 32.2. The predicted octanol–water partition coefficient (Wildman–Crippen LogP) is 3.87. The van der Waals surface area contributed by atoms with Crippen LogP contribution in [0.1, 0.15) is 5.89 Å². The molecule has 0 radical (unpaired) electrons. The van der Waals surface area contributed by atoms with Gasteiger partial charge in [-0.15, -0.1) is 0 Å². The van der Waals surface area contributed by atoms with Crippen LogP contribution in [-0.2, 0) is 26.6 Å². The smallest absolute Gasteiger partial charge is 0.268 e. The molecule has 2 aromatic heterocycles. The first-order valence-corrected chi connectivity index (χ1v) is 13.4. The summed E-state index contributed by atoms with van der Waals surface area (Å²) in [7, 11) is -7.39. The second-order valence-electron chi connectivity index (χ2n) is 7.70. The van der Waals surface area contributed by atoms with E-state index in [0.717, 1.165) is 10.2 Å². The fourth-order valence-electron chi connectivity index (χ4n) is 3.72. The maximum absolute atomic E-state index is 14.1. The van der Waals surface area contributed by atoms with Crippen molar-refractivity contribution in [2.24, 2.45) is 0 Å². The number of nitrogens with one attached hydrogen (secondary N) is 1. The molecule has 0 atom stereocenters. The summed E-state index contributed by atoms with van der Waals surface area (Å²) in [5, 5.41) is 0.544. The molecule has 1 N–H and O–H groups in total. The summed E-state index contributed by atoms with van der Waals surface area (Å²) in [6.45, 7) is -0.100. The minimum Gasteiger partial charge on any atom is -0.439 e. The van der Waals surface area contributed by atoms with Crippen molar-refractivity contribution in [3.8, 4) is 11.1 Å². The average molecular weight is 500 g/mol. The van der Waals surface area contributed by atoms with Crippen LogP contribution in [0.4, 0.5) is 4.39 Å². The normalized spacial score (nSPS) is 12.5. The third-order valence-electron chi connectivity index (χ3n) is 5.26. The van der Waals surface area contributed by atoms with E-state index in [1.165, 1.54) is 36.5 Å². The van der Waals surface area contributed by atoms with E-state index >= 15 is 0 Å². The van der Waals surface area contributed by atoms with Gasteiger partial charge < -0.3 is 4.42 Å². The maximum atomic E-state index is 14.1. The lowest BCUT2D eigenvalue weighted by Crippen LogP contribution is -2.21. The molecule has 8 nitrogen and oxygen atoms in total. The molecule has 0 aliphatic carbocycles. The Morgan fingerprint density at radius 2 is 1.76 bits per heavy atom. The SMILES string of the molecule is CS(=O)(=O)NCc1nc2cc(-c3cn(S(=O)(=O)c4ccccc4)c4cc(F)ccc34)ccc2o1. The molecule has 0 amide bonds. The number of sulfonamides is 1. The molecule has 34 heavy (non-hydrogen) atoms. The first-order valence-electron chi connectivity index (χ1n) is 10.1. The minimum atomic E-state index is -3.98. The Morgan fingerprint density at radius 1 is 1.00 bits per heavy atom. The molecular weight excluding hydrogens is 481 g/mol. The van der Waals surface area contributed by atoms with E-state index in [2.05, 4.69) is 9.71 Å². The Morgan fingerprint density at radius 3 is 2.50 bits per heavy atom. The van der Waals surface area contributed by atoms with Crippen molar-refractivity contribution in [2.45, 2.75) is 11.4 Å². The average Bonchev–Trinajstić information content (AvgIpc) is 3.38. The van der Waals surface area contributed by atoms with E-state index in [0.29, 0.717) is 27.6 Å². The Kier molecular flexibility index (Phi) is 5.27. The summed E-state index contributed by atoms with van der Waals surface area (Å²) in [5.41, 5.74) is 2.33. The van der Waals surface area contributed by atoms with Gasteiger partial charge in [0.05, 0.1) is 23.2 Å². The predicted molar refractivity (Wildman–Crippen MR) is 126 cm³/mol. The lowest BCUT2D eigenvalue weighted by atomic mass is 10.0. The zero-order chi connectivity index (χ0) is 24.1. The van der Waals surface area contributed by atoms with E-state index in [1.807, 2.05) is 0 Å². The molecule has 0 fully saturated rings. The first kappa shape index (κ1) is 22.3. The molecule has 174 valence electrons. The number of rotatable bonds is 6. The monoisotopic (exact) mass is 499 g/mol. The molecule has 0 saturated carbocycles. The van der Waals surface area contributed by atoms with E-state index in [1.54, 1.807) is 36.4 Å². The van der Waals surface area contributed by atoms with Crippen LogP contribution in [0.15, 0.2) is 82.2 Å². The summed E-state index contributed by atoms with van der Waals surface area (Å²) in [4.78, 5) is 4.40. The number of oxazole rings is 1. The van der Waals surface area contributed by atoms with Gasteiger partial charge in [0.2, 0.25) is 15.9 Å². The number of aromatic nitrogens is 2. The molecule has 0 saturated heterocycles. The Hall–Kier alpha value is -3.54. The van der Waals surface area contributed by atoms with Crippen molar-refractivity contribution in [3.63, 3.8) is 0 Å². The van der Waals surface area contributed by atoms with Crippen LogP contribution in [0.25, 0.3) is 33.1 Å². The van der Waals surface area contributed by atoms with Gasteiger partial charge >= 0.3 is 0 Å².